The first kappa shape index (κ1) is 17.2. The molecule has 0 amide bonds. The first-order chi connectivity index (χ1) is 11.6. The normalized spacial score (nSPS) is 20.2. The molecule has 0 spiro atoms. The molecule has 1 saturated heterocycles. The van der Waals surface area contributed by atoms with Crippen LogP contribution in [0.2, 0.25) is 0 Å². The van der Waals surface area contributed by atoms with Crippen LogP contribution in [-0.4, -0.2) is 35.1 Å². The average molecular weight is 326 g/mol. The minimum absolute atomic E-state index is 0.601. The number of fused-ring (bicyclic) bond motifs is 1. The lowest BCUT2D eigenvalue weighted by Crippen LogP contribution is -2.37. The maximum atomic E-state index is 4.86. The van der Waals surface area contributed by atoms with Crippen LogP contribution in [0.3, 0.4) is 0 Å². The SMILES string of the molecule is CC[C@H](C)N[C@@H]1CCCN(c2nc(C)c3ccc(C)cc3n2)CC1. The molecule has 0 saturated carbocycles. The van der Waals surface area contributed by atoms with Crippen LogP contribution in [0.5, 0.6) is 0 Å². The number of nitrogens with one attached hydrogen (secondary N) is 1. The molecule has 1 aliphatic heterocycles. The zero-order valence-electron chi connectivity index (χ0n) is 15.5. The third-order valence-corrected chi connectivity index (χ3v) is 5.17. The molecule has 0 unspecified atom stereocenters. The Balaban J connectivity index is 1.78. The standard InChI is InChI=1S/C20H30N4/c1-5-15(3)21-17-7-6-11-24(12-10-17)20-22-16(4)18-9-8-14(2)13-19(18)23-20/h8-9,13,15,17,21H,5-7,10-12H2,1-4H3/t15-,17+/m0/s1. The van der Waals surface area contributed by atoms with Gasteiger partial charge in [-0.3, -0.25) is 0 Å². The summed E-state index contributed by atoms with van der Waals surface area (Å²) in [5, 5.41) is 4.92. The number of anilines is 1. The Morgan fingerprint density at radius 1 is 1.21 bits per heavy atom. The summed E-state index contributed by atoms with van der Waals surface area (Å²) < 4.78 is 0. The first-order valence-corrected chi connectivity index (χ1v) is 9.33. The molecule has 130 valence electrons. The number of aryl methyl sites for hydroxylation is 2. The van der Waals surface area contributed by atoms with Crippen molar-refractivity contribution in [2.24, 2.45) is 0 Å². The summed E-state index contributed by atoms with van der Waals surface area (Å²) in [6.07, 6.45) is 4.79. The first-order valence-electron chi connectivity index (χ1n) is 9.33. The highest BCUT2D eigenvalue weighted by molar-refractivity contribution is 5.82. The van der Waals surface area contributed by atoms with Crippen LogP contribution in [0.1, 0.15) is 50.8 Å². The van der Waals surface area contributed by atoms with E-state index in [1.807, 2.05) is 0 Å². The molecule has 0 bridgehead atoms. The van der Waals surface area contributed by atoms with Gasteiger partial charge in [-0.25, -0.2) is 9.97 Å². The summed E-state index contributed by atoms with van der Waals surface area (Å²) >= 11 is 0. The van der Waals surface area contributed by atoms with Crippen molar-refractivity contribution >= 4 is 16.9 Å². The van der Waals surface area contributed by atoms with Crippen molar-refractivity contribution < 1.29 is 0 Å². The number of aromatic nitrogens is 2. The molecule has 1 aliphatic rings. The van der Waals surface area contributed by atoms with Crippen LogP contribution < -0.4 is 10.2 Å². The van der Waals surface area contributed by atoms with E-state index in [9.17, 15) is 0 Å². The lowest BCUT2D eigenvalue weighted by molar-refractivity contribution is 0.408. The predicted molar refractivity (Wildman–Crippen MR) is 102 cm³/mol. The Morgan fingerprint density at radius 3 is 2.83 bits per heavy atom. The van der Waals surface area contributed by atoms with Gasteiger partial charge in [-0.2, -0.15) is 0 Å². The van der Waals surface area contributed by atoms with Crippen LogP contribution in [0.4, 0.5) is 5.95 Å². The molecule has 1 aromatic heterocycles. The summed E-state index contributed by atoms with van der Waals surface area (Å²) in [6.45, 7) is 10.8. The van der Waals surface area contributed by atoms with Crippen molar-refractivity contribution in [2.75, 3.05) is 18.0 Å². The molecule has 3 rings (SSSR count). The Morgan fingerprint density at radius 2 is 2.04 bits per heavy atom. The van der Waals surface area contributed by atoms with Gasteiger partial charge >= 0.3 is 0 Å². The van der Waals surface area contributed by atoms with Gasteiger partial charge in [0.05, 0.1) is 11.2 Å². The molecule has 4 nitrogen and oxygen atoms in total. The van der Waals surface area contributed by atoms with Crippen molar-refractivity contribution in [3.05, 3.63) is 29.5 Å². The van der Waals surface area contributed by atoms with E-state index in [0.29, 0.717) is 12.1 Å². The van der Waals surface area contributed by atoms with Crippen LogP contribution in [-0.2, 0) is 0 Å². The van der Waals surface area contributed by atoms with Gasteiger partial charge in [0, 0.05) is 30.6 Å². The Kier molecular flexibility index (Phi) is 5.34. The van der Waals surface area contributed by atoms with Gasteiger partial charge in [0.2, 0.25) is 5.95 Å². The molecule has 2 heterocycles. The van der Waals surface area contributed by atoms with Crippen LogP contribution >= 0.6 is 0 Å². The highest BCUT2D eigenvalue weighted by Crippen LogP contribution is 2.22. The third-order valence-electron chi connectivity index (χ3n) is 5.17. The van der Waals surface area contributed by atoms with Gasteiger partial charge in [0.1, 0.15) is 0 Å². The molecule has 1 aromatic carbocycles. The van der Waals surface area contributed by atoms with Gasteiger partial charge in [0.25, 0.3) is 0 Å². The summed E-state index contributed by atoms with van der Waals surface area (Å²) in [5.74, 6) is 0.898. The van der Waals surface area contributed by atoms with Crippen molar-refractivity contribution in [2.45, 2.75) is 65.5 Å². The maximum Gasteiger partial charge on any atom is 0.226 e. The molecule has 24 heavy (non-hydrogen) atoms. The van der Waals surface area contributed by atoms with Gasteiger partial charge in [-0.1, -0.05) is 19.1 Å². The van der Waals surface area contributed by atoms with Gasteiger partial charge < -0.3 is 10.2 Å². The molecule has 0 radical (unpaired) electrons. The number of hydrogen-bond acceptors (Lipinski definition) is 4. The van der Waals surface area contributed by atoms with Crippen LogP contribution in [0, 0.1) is 13.8 Å². The number of benzene rings is 1. The van der Waals surface area contributed by atoms with Crippen LogP contribution in [0.15, 0.2) is 18.2 Å². The smallest absolute Gasteiger partial charge is 0.226 e. The molecule has 2 aromatic rings. The predicted octanol–water partition coefficient (Wildman–Crippen LogP) is 3.99. The molecule has 2 atom stereocenters. The van der Waals surface area contributed by atoms with Crippen molar-refractivity contribution in [1.82, 2.24) is 15.3 Å². The Hall–Kier alpha value is -1.68. The number of rotatable bonds is 4. The highest BCUT2D eigenvalue weighted by atomic mass is 15.3. The summed E-state index contributed by atoms with van der Waals surface area (Å²) in [6, 6.07) is 7.66. The Labute approximate surface area is 145 Å². The molecule has 1 N–H and O–H groups in total. The van der Waals surface area contributed by atoms with E-state index in [1.165, 1.54) is 31.2 Å². The zero-order valence-corrected chi connectivity index (χ0v) is 15.5. The minimum Gasteiger partial charge on any atom is -0.341 e. The fourth-order valence-electron chi connectivity index (χ4n) is 3.51. The van der Waals surface area contributed by atoms with Gasteiger partial charge in [-0.15, -0.1) is 0 Å². The molecule has 0 aliphatic carbocycles. The zero-order chi connectivity index (χ0) is 17.1. The summed E-state index contributed by atoms with van der Waals surface area (Å²) in [4.78, 5) is 12.0. The quantitative estimate of drug-likeness (QED) is 0.922. The lowest BCUT2D eigenvalue weighted by atomic mass is 10.1. The summed E-state index contributed by atoms with van der Waals surface area (Å²) in [7, 11) is 0. The molecular formula is C20H30N4. The maximum absolute atomic E-state index is 4.86. The Bertz CT molecular complexity index is 697. The van der Waals surface area contributed by atoms with Gasteiger partial charge in [0.15, 0.2) is 0 Å². The van der Waals surface area contributed by atoms with E-state index in [4.69, 9.17) is 9.97 Å². The van der Waals surface area contributed by atoms with E-state index in [-0.39, 0.29) is 0 Å². The minimum atomic E-state index is 0.601. The molecular weight excluding hydrogens is 296 g/mol. The molecule has 1 fully saturated rings. The number of hydrogen-bond donors (Lipinski definition) is 1. The van der Waals surface area contributed by atoms with Crippen molar-refractivity contribution in [3.8, 4) is 0 Å². The highest BCUT2D eigenvalue weighted by Gasteiger charge is 2.20. The second-order valence-electron chi connectivity index (χ2n) is 7.22. The van der Waals surface area contributed by atoms with E-state index >= 15 is 0 Å². The number of nitrogens with zero attached hydrogens (tertiary/aromatic N) is 3. The van der Waals surface area contributed by atoms with Crippen LogP contribution in [0.25, 0.3) is 10.9 Å². The van der Waals surface area contributed by atoms with Crippen molar-refractivity contribution in [3.63, 3.8) is 0 Å². The third kappa shape index (κ3) is 3.86. The second-order valence-corrected chi connectivity index (χ2v) is 7.22. The summed E-state index contributed by atoms with van der Waals surface area (Å²) in [5.41, 5.74) is 3.39. The van der Waals surface area contributed by atoms with E-state index in [1.54, 1.807) is 0 Å². The van der Waals surface area contributed by atoms with E-state index < -0.39 is 0 Å². The fourth-order valence-corrected chi connectivity index (χ4v) is 3.51. The largest absolute Gasteiger partial charge is 0.341 e. The fraction of sp³-hybridized carbons (Fsp3) is 0.600. The lowest BCUT2D eigenvalue weighted by Gasteiger charge is -2.23. The van der Waals surface area contributed by atoms with E-state index in [0.717, 1.165) is 35.6 Å². The van der Waals surface area contributed by atoms with E-state index in [2.05, 4.69) is 56.1 Å². The second kappa shape index (κ2) is 7.47. The van der Waals surface area contributed by atoms with Gasteiger partial charge in [-0.05, 0) is 58.1 Å². The monoisotopic (exact) mass is 326 g/mol. The average Bonchev–Trinajstić information content (AvgIpc) is 2.79. The molecule has 4 heteroatoms. The topological polar surface area (TPSA) is 41.0 Å². The van der Waals surface area contributed by atoms with Crippen molar-refractivity contribution in [1.29, 1.82) is 0 Å².